The summed E-state index contributed by atoms with van der Waals surface area (Å²) in [5.41, 5.74) is 0.397. The van der Waals surface area contributed by atoms with Crippen LogP contribution in [0.4, 0.5) is 4.79 Å². The molecule has 0 aliphatic heterocycles. The number of amides is 1. The maximum atomic E-state index is 11.6. The minimum absolute atomic E-state index is 0.425. The van der Waals surface area contributed by atoms with E-state index < -0.39 is 11.7 Å². The zero-order chi connectivity index (χ0) is 19.6. The average molecular weight is 365 g/mol. The lowest BCUT2D eigenvalue weighted by atomic mass is 10.1. The Morgan fingerprint density at radius 2 is 2.08 bits per heavy atom. The SMILES string of the molecule is COc1ccnc(OCCCNC(=O)OC(C)(C)C)c1C/C=C/N(C)C. The molecule has 0 spiro atoms. The van der Waals surface area contributed by atoms with Crippen LogP contribution in [0.25, 0.3) is 0 Å². The first-order valence-corrected chi connectivity index (χ1v) is 8.67. The van der Waals surface area contributed by atoms with Crippen LogP contribution in [0, 0.1) is 0 Å². The molecule has 0 saturated heterocycles. The zero-order valence-corrected chi connectivity index (χ0v) is 16.7. The van der Waals surface area contributed by atoms with Gasteiger partial charge in [-0.1, -0.05) is 6.08 Å². The van der Waals surface area contributed by atoms with Crippen LogP contribution < -0.4 is 14.8 Å². The van der Waals surface area contributed by atoms with Crippen LogP contribution in [0.5, 0.6) is 11.6 Å². The molecule has 0 bridgehead atoms. The summed E-state index contributed by atoms with van der Waals surface area (Å²) in [4.78, 5) is 17.9. The molecule has 0 aliphatic carbocycles. The van der Waals surface area contributed by atoms with Gasteiger partial charge in [-0.2, -0.15) is 0 Å². The Balaban J connectivity index is 2.52. The van der Waals surface area contributed by atoms with Gasteiger partial charge < -0.3 is 24.4 Å². The molecule has 0 aliphatic rings. The van der Waals surface area contributed by atoms with Crippen molar-refractivity contribution >= 4 is 6.09 Å². The van der Waals surface area contributed by atoms with Crippen molar-refractivity contribution in [2.24, 2.45) is 0 Å². The van der Waals surface area contributed by atoms with Crippen molar-refractivity contribution < 1.29 is 19.0 Å². The molecule has 146 valence electrons. The van der Waals surface area contributed by atoms with E-state index in [1.54, 1.807) is 13.3 Å². The average Bonchev–Trinajstić information content (AvgIpc) is 2.53. The van der Waals surface area contributed by atoms with Crippen molar-refractivity contribution in [1.82, 2.24) is 15.2 Å². The predicted octanol–water partition coefficient (Wildman–Crippen LogP) is 3.00. The van der Waals surface area contributed by atoms with Crippen LogP contribution in [-0.4, -0.2) is 55.9 Å². The molecular formula is C19H31N3O4. The summed E-state index contributed by atoms with van der Waals surface area (Å²) in [7, 11) is 5.56. The van der Waals surface area contributed by atoms with Gasteiger partial charge in [-0.05, 0) is 39.5 Å². The number of allylic oxidation sites excluding steroid dienone is 1. The maximum absolute atomic E-state index is 11.6. The normalized spacial score (nSPS) is 11.3. The number of rotatable bonds is 9. The third-order valence-corrected chi connectivity index (χ3v) is 3.15. The lowest BCUT2D eigenvalue weighted by Crippen LogP contribution is -2.33. The highest BCUT2D eigenvalue weighted by molar-refractivity contribution is 5.67. The highest BCUT2D eigenvalue weighted by Crippen LogP contribution is 2.27. The summed E-state index contributed by atoms with van der Waals surface area (Å²) >= 11 is 0. The van der Waals surface area contributed by atoms with Crippen LogP contribution in [-0.2, 0) is 11.2 Å². The van der Waals surface area contributed by atoms with Crippen LogP contribution in [0.15, 0.2) is 24.5 Å². The molecule has 1 amide bonds. The summed E-state index contributed by atoms with van der Waals surface area (Å²) in [6, 6.07) is 1.82. The lowest BCUT2D eigenvalue weighted by molar-refractivity contribution is 0.0525. The zero-order valence-electron chi connectivity index (χ0n) is 16.7. The number of nitrogens with zero attached hydrogens (tertiary/aromatic N) is 2. The molecule has 0 fully saturated rings. The lowest BCUT2D eigenvalue weighted by Gasteiger charge is -2.19. The van der Waals surface area contributed by atoms with E-state index in [1.807, 2.05) is 58.1 Å². The minimum atomic E-state index is -0.500. The van der Waals surface area contributed by atoms with Gasteiger partial charge in [-0.15, -0.1) is 0 Å². The Hall–Kier alpha value is -2.44. The summed E-state index contributed by atoms with van der Waals surface area (Å²) in [5, 5.41) is 2.71. The smallest absolute Gasteiger partial charge is 0.407 e. The minimum Gasteiger partial charge on any atom is -0.496 e. The van der Waals surface area contributed by atoms with Crippen molar-refractivity contribution in [3.05, 3.63) is 30.1 Å². The molecule has 0 aromatic carbocycles. The van der Waals surface area contributed by atoms with E-state index >= 15 is 0 Å². The van der Waals surface area contributed by atoms with Crippen LogP contribution in [0.3, 0.4) is 0 Å². The van der Waals surface area contributed by atoms with Gasteiger partial charge in [-0.25, -0.2) is 9.78 Å². The number of aromatic nitrogens is 1. The number of hydrogen-bond donors (Lipinski definition) is 1. The third-order valence-electron chi connectivity index (χ3n) is 3.15. The molecule has 0 atom stereocenters. The van der Waals surface area contributed by atoms with Crippen molar-refractivity contribution in [3.8, 4) is 11.6 Å². The Bertz CT molecular complexity index is 595. The fourth-order valence-corrected chi connectivity index (χ4v) is 2.09. The van der Waals surface area contributed by atoms with Gasteiger partial charge >= 0.3 is 6.09 Å². The molecule has 26 heavy (non-hydrogen) atoms. The van der Waals surface area contributed by atoms with E-state index in [0.717, 1.165) is 11.3 Å². The molecule has 1 N–H and O–H groups in total. The molecule has 1 aromatic heterocycles. The largest absolute Gasteiger partial charge is 0.496 e. The van der Waals surface area contributed by atoms with Crippen LogP contribution in [0.1, 0.15) is 32.8 Å². The van der Waals surface area contributed by atoms with E-state index in [-0.39, 0.29) is 0 Å². The molecule has 0 radical (unpaired) electrons. The highest BCUT2D eigenvalue weighted by Gasteiger charge is 2.15. The molecular weight excluding hydrogens is 334 g/mol. The fourth-order valence-electron chi connectivity index (χ4n) is 2.09. The van der Waals surface area contributed by atoms with E-state index in [0.29, 0.717) is 31.9 Å². The summed E-state index contributed by atoms with van der Waals surface area (Å²) < 4.78 is 16.4. The standard InChI is InChI=1S/C19H31N3O4/c1-19(2,3)26-18(23)21-11-8-14-25-17-15(9-7-13-22(4)5)16(24-6)10-12-20-17/h7,10,12-13H,8-9,11,14H2,1-6H3,(H,21,23)/b13-7+. The van der Waals surface area contributed by atoms with Gasteiger partial charge in [0.25, 0.3) is 0 Å². The number of alkyl carbamates (subject to hydrolysis) is 1. The quantitative estimate of drug-likeness (QED) is 0.678. The van der Waals surface area contributed by atoms with E-state index in [9.17, 15) is 4.79 Å². The van der Waals surface area contributed by atoms with Crippen molar-refractivity contribution in [3.63, 3.8) is 0 Å². The van der Waals surface area contributed by atoms with E-state index in [1.165, 1.54) is 0 Å². The monoisotopic (exact) mass is 365 g/mol. The first-order chi connectivity index (χ1) is 12.2. The molecule has 1 aromatic rings. The van der Waals surface area contributed by atoms with Gasteiger partial charge in [0, 0.05) is 33.3 Å². The Kier molecular flexibility index (Phi) is 8.75. The predicted molar refractivity (Wildman–Crippen MR) is 102 cm³/mol. The fraction of sp³-hybridized carbons (Fsp3) is 0.579. The summed E-state index contributed by atoms with van der Waals surface area (Å²) in [6.45, 7) is 6.39. The molecule has 7 heteroatoms. The van der Waals surface area contributed by atoms with Crippen molar-refractivity contribution in [2.75, 3.05) is 34.4 Å². The van der Waals surface area contributed by atoms with Gasteiger partial charge in [0.1, 0.15) is 11.4 Å². The third kappa shape index (κ3) is 8.60. The van der Waals surface area contributed by atoms with E-state index in [2.05, 4.69) is 10.3 Å². The molecule has 0 saturated carbocycles. The number of carbonyl (C=O) groups excluding carboxylic acids is 1. The summed E-state index contributed by atoms with van der Waals surface area (Å²) in [5.74, 6) is 1.29. The molecule has 1 heterocycles. The Morgan fingerprint density at radius 1 is 1.35 bits per heavy atom. The van der Waals surface area contributed by atoms with Gasteiger partial charge in [-0.3, -0.25) is 0 Å². The molecule has 7 nitrogen and oxygen atoms in total. The maximum Gasteiger partial charge on any atom is 0.407 e. The van der Waals surface area contributed by atoms with Crippen molar-refractivity contribution in [1.29, 1.82) is 0 Å². The first-order valence-electron chi connectivity index (χ1n) is 8.67. The molecule has 1 rings (SSSR count). The van der Waals surface area contributed by atoms with Crippen LogP contribution >= 0.6 is 0 Å². The number of carbonyl (C=O) groups is 1. The Labute approximate surface area is 156 Å². The van der Waals surface area contributed by atoms with Gasteiger partial charge in [0.2, 0.25) is 5.88 Å². The summed E-state index contributed by atoms with van der Waals surface area (Å²) in [6.07, 6.45) is 6.53. The number of hydrogen-bond acceptors (Lipinski definition) is 6. The van der Waals surface area contributed by atoms with Gasteiger partial charge in [0.05, 0.1) is 19.3 Å². The second kappa shape index (κ2) is 10.5. The number of pyridine rings is 1. The number of ether oxygens (including phenoxy) is 3. The van der Waals surface area contributed by atoms with E-state index in [4.69, 9.17) is 14.2 Å². The highest BCUT2D eigenvalue weighted by atomic mass is 16.6. The van der Waals surface area contributed by atoms with Crippen LogP contribution in [0.2, 0.25) is 0 Å². The molecule has 0 unspecified atom stereocenters. The van der Waals surface area contributed by atoms with Crippen molar-refractivity contribution in [2.45, 2.75) is 39.2 Å². The topological polar surface area (TPSA) is 72.9 Å². The second-order valence-corrected chi connectivity index (χ2v) is 6.98. The number of methoxy groups -OCH3 is 1. The second-order valence-electron chi connectivity index (χ2n) is 6.98. The first kappa shape index (κ1) is 21.6. The number of nitrogens with one attached hydrogen (secondary N) is 1. The van der Waals surface area contributed by atoms with Gasteiger partial charge in [0.15, 0.2) is 0 Å². The Morgan fingerprint density at radius 3 is 2.69 bits per heavy atom.